The highest BCUT2D eigenvalue weighted by molar-refractivity contribution is 7.15. The molecule has 3 heterocycles. The minimum absolute atomic E-state index is 0.00526. The lowest BCUT2D eigenvalue weighted by Crippen LogP contribution is -2.22. The Balaban J connectivity index is 1.68. The van der Waals surface area contributed by atoms with Gasteiger partial charge in [-0.05, 0) is 30.5 Å². The van der Waals surface area contributed by atoms with Crippen molar-refractivity contribution in [2.45, 2.75) is 12.6 Å². The molecule has 0 saturated carbocycles. The summed E-state index contributed by atoms with van der Waals surface area (Å²) in [5.41, 5.74) is -1.50. The van der Waals surface area contributed by atoms with E-state index in [0.29, 0.717) is 18.2 Å². The average molecular weight is 504 g/mol. The lowest BCUT2D eigenvalue weighted by Gasteiger charge is -2.16. The van der Waals surface area contributed by atoms with Gasteiger partial charge < -0.3 is 14.0 Å². The van der Waals surface area contributed by atoms with E-state index < -0.39 is 23.2 Å². The maximum Gasteiger partial charge on any atom is 0.416 e. The molecule has 1 aliphatic heterocycles. The average Bonchev–Trinajstić information content (AvgIpc) is 3.50. The van der Waals surface area contributed by atoms with Crippen molar-refractivity contribution >= 4 is 22.4 Å². The molecule has 1 unspecified atom stereocenters. The van der Waals surface area contributed by atoms with Crippen LogP contribution in [0.4, 0.5) is 18.3 Å². The fourth-order valence-electron chi connectivity index (χ4n) is 3.43. The number of hydrogen-bond donors (Lipinski definition) is 1. The summed E-state index contributed by atoms with van der Waals surface area (Å²) in [5, 5.41) is 10.9. The number of halogens is 3. The Morgan fingerprint density at radius 3 is 2.77 bits per heavy atom. The van der Waals surface area contributed by atoms with Crippen molar-refractivity contribution in [3.05, 3.63) is 57.0 Å². The summed E-state index contributed by atoms with van der Waals surface area (Å²) < 4.78 is 51.8. The number of carbonyl (C=O) groups is 1. The van der Waals surface area contributed by atoms with Crippen LogP contribution < -0.4 is 15.6 Å². The first-order chi connectivity index (χ1) is 16.7. The van der Waals surface area contributed by atoms with Crippen molar-refractivity contribution in [1.29, 1.82) is 0 Å². The predicted octanol–water partition coefficient (Wildman–Crippen LogP) is 3.57. The van der Waals surface area contributed by atoms with Crippen LogP contribution in [0.3, 0.4) is 0 Å². The molecule has 1 amide bonds. The second kappa shape index (κ2) is 9.89. The number of methoxy groups -OCH3 is 1. The summed E-state index contributed by atoms with van der Waals surface area (Å²) in [6.45, 7) is 1.21. The molecule has 182 valence electrons. The Hall–Kier alpha value is -3.69. The smallest absolute Gasteiger partial charge is 0.416 e. The molecule has 0 spiro atoms. The number of benzene rings is 1. The van der Waals surface area contributed by atoms with E-state index in [9.17, 15) is 22.8 Å². The third-order valence-electron chi connectivity index (χ3n) is 5.25. The Labute approximate surface area is 201 Å². The molecule has 8 nitrogen and oxygen atoms in total. The first-order valence-corrected chi connectivity index (χ1v) is 11.2. The Kier molecular flexibility index (Phi) is 6.90. The molecule has 1 atom stereocenters. The van der Waals surface area contributed by atoms with Gasteiger partial charge in [0.15, 0.2) is 5.01 Å². The van der Waals surface area contributed by atoms with Crippen LogP contribution in [0, 0.1) is 17.8 Å². The van der Waals surface area contributed by atoms with Gasteiger partial charge in [-0.15, -0.1) is 10.2 Å². The number of pyridine rings is 1. The zero-order valence-corrected chi connectivity index (χ0v) is 19.4. The summed E-state index contributed by atoms with van der Waals surface area (Å²) in [7, 11) is 2.73. The summed E-state index contributed by atoms with van der Waals surface area (Å²) in [6.07, 6.45) is -2.49. The van der Waals surface area contributed by atoms with Crippen LogP contribution in [0.1, 0.15) is 27.3 Å². The van der Waals surface area contributed by atoms with Gasteiger partial charge in [0.1, 0.15) is 5.75 Å². The minimum atomic E-state index is -4.61. The molecule has 0 aliphatic carbocycles. The molecule has 0 bridgehead atoms. The lowest BCUT2D eigenvalue weighted by molar-refractivity contribution is -0.137. The first kappa shape index (κ1) is 24.4. The molecular formula is C23H19F3N4O4S. The molecule has 1 aliphatic rings. The van der Waals surface area contributed by atoms with Crippen LogP contribution in [0.5, 0.6) is 5.75 Å². The fourth-order valence-corrected chi connectivity index (χ4v) is 4.03. The highest BCUT2D eigenvalue weighted by atomic mass is 32.1. The lowest BCUT2D eigenvalue weighted by atomic mass is 9.98. The van der Waals surface area contributed by atoms with Crippen molar-refractivity contribution in [3.8, 4) is 28.7 Å². The number of hydrogen-bond acceptors (Lipinski definition) is 7. The van der Waals surface area contributed by atoms with E-state index in [1.165, 1.54) is 20.4 Å². The number of aryl methyl sites for hydroxylation is 1. The molecule has 3 aromatic rings. The van der Waals surface area contributed by atoms with E-state index in [4.69, 9.17) is 9.47 Å². The minimum Gasteiger partial charge on any atom is -0.496 e. The number of alkyl halides is 3. The number of nitrogens with one attached hydrogen (secondary N) is 1. The third kappa shape index (κ3) is 5.52. The van der Waals surface area contributed by atoms with Crippen LogP contribution in [-0.4, -0.2) is 41.0 Å². The normalized spacial score (nSPS) is 15.4. The number of ether oxygens (including phenoxy) is 2. The standard InChI is InChI=1S/C23H19F3N4O4S/c1-30-11-17(15-9-14(23(24,25)26)4-5-18(15)33-2)16(10-20(30)31)21(32)27-22-29-28-19(35-22)6-3-13-7-8-34-12-13/h4-5,9-11,13H,7-8,12H2,1-2H3,(H,27,29,32). The molecule has 35 heavy (non-hydrogen) atoms. The topological polar surface area (TPSA) is 95.3 Å². The zero-order chi connectivity index (χ0) is 25.2. The third-order valence-corrected chi connectivity index (χ3v) is 6.00. The van der Waals surface area contributed by atoms with Gasteiger partial charge >= 0.3 is 6.18 Å². The molecule has 12 heteroatoms. The number of amides is 1. The van der Waals surface area contributed by atoms with Crippen LogP contribution in [-0.2, 0) is 18.0 Å². The molecule has 4 rings (SSSR count). The van der Waals surface area contributed by atoms with Crippen LogP contribution >= 0.6 is 11.3 Å². The van der Waals surface area contributed by atoms with E-state index in [1.54, 1.807) is 0 Å². The van der Waals surface area contributed by atoms with Gasteiger partial charge in [-0.3, -0.25) is 14.9 Å². The monoisotopic (exact) mass is 504 g/mol. The maximum atomic E-state index is 13.4. The second-order valence-corrected chi connectivity index (χ2v) is 8.64. The summed E-state index contributed by atoms with van der Waals surface area (Å²) in [4.78, 5) is 25.4. The number of nitrogens with zero attached hydrogens (tertiary/aromatic N) is 3. The fraction of sp³-hybridized carbons (Fsp3) is 0.304. The molecule has 2 aromatic heterocycles. The largest absolute Gasteiger partial charge is 0.496 e. The van der Waals surface area contributed by atoms with Crippen molar-refractivity contribution in [1.82, 2.24) is 14.8 Å². The molecule has 1 saturated heterocycles. The Bertz CT molecular complexity index is 1380. The quantitative estimate of drug-likeness (QED) is 0.546. The van der Waals surface area contributed by atoms with Crippen LogP contribution in [0.25, 0.3) is 11.1 Å². The van der Waals surface area contributed by atoms with Gasteiger partial charge in [-0.1, -0.05) is 17.3 Å². The summed E-state index contributed by atoms with van der Waals surface area (Å²) in [5.74, 6) is 5.42. The molecule has 1 N–H and O–H groups in total. The maximum absolute atomic E-state index is 13.4. The number of rotatable bonds is 4. The summed E-state index contributed by atoms with van der Waals surface area (Å²) in [6, 6.07) is 3.97. The van der Waals surface area contributed by atoms with Gasteiger partial charge in [0.25, 0.3) is 11.5 Å². The molecule has 0 radical (unpaired) electrons. The Morgan fingerprint density at radius 2 is 2.09 bits per heavy atom. The zero-order valence-electron chi connectivity index (χ0n) is 18.6. The Morgan fingerprint density at radius 1 is 1.29 bits per heavy atom. The van der Waals surface area contributed by atoms with Crippen molar-refractivity contribution < 1.29 is 27.4 Å². The van der Waals surface area contributed by atoms with Crippen molar-refractivity contribution in [3.63, 3.8) is 0 Å². The van der Waals surface area contributed by atoms with E-state index in [2.05, 4.69) is 27.4 Å². The number of aromatic nitrogens is 3. The van der Waals surface area contributed by atoms with E-state index in [-0.39, 0.29) is 33.5 Å². The van der Waals surface area contributed by atoms with E-state index in [1.807, 2.05) is 0 Å². The van der Waals surface area contributed by atoms with Crippen LogP contribution in [0.15, 0.2) is 35.3 Å². The number of anilines is 1. The molecular weight excluding hydrogens is 485 g/mol. The second-order valence-electron chi connectivity index (χ2n) is 7.66. The van der Waals surface area contributed by atoms with Crippen molar-refractivity contribution in [2.24, 2.45) is 13.0 Å². The summed E-state index contributed by atoms with van der Waals surface area (Å²) >= 11 is 1.04. The number of carbonyl (C=O) groups excluding carboxylic acids is 1. The van der Waals surface area contributed by atoms with Crippen molar-refractivity contribution in [2.75, 3.05) is 25.6 Å². The van der Waals surface area contributed by atoms with E-state index >= 15 is 0 Å². The molecule has 1 aromatic carbocycles. The molecule has 1 fully saturated rings. The highest BCUT2D eigenvalue weighted by Crippen LogP contribution is 2.38. The highest BCUT2D eigenvalue weighted by Gasteiger charge is 2.32. The SMILES string of the molecule is COc1ccc(C(F)(F)F)cc1-c1cn(C)c(=O)cc1C(=O)Nc1nnc(C#CC2CCOC2)s1. The van der Waals surface area contributed by atoms with Gasteiger partial charge in [0.05, 0.1) is 24.8 Å². The van der Waals surface area contributed by atoms with Gasteiger partial charge in [-0.25, -0.2) is 0 Å². The predicted molar refractivity (Wildman–Crippen MR) is 122 cm³/mol. The first-order valence-electron chi connectivity index (χ1n) is 10.4. The van der Waals surface area contributed by atoms with Gasteiger partial charge in [0, 0.05) is 43.0 Å². The van der Waals surface area contributed by atoms with Crippen LogP contribution in [0.2, 0.25) is 0 Å². The van der Waals surface area contributed by atoms with Gasteiger partial charge in [-0.2, -0.15) is 13.2 Å². The van der Waals surface area contributed by atoms with Gasteiger partial charge in [0.2, 0.25) is 5.13 Å². The van der Waals surface area contributed by atoms with E-state index in [0.717, 1.165) is 46.6 Å².